The van der Waals surface area contributed by atoms with Crippen molar-refractivity contribution in [2.24, 2.45) is 0 Å². The third-order valence-electron chi connectivity index (χ3n) is 4.13. The summed E-state index contributed by atoms with van der Waals surface area (Å²) in [5.74, 6) is 0.103. The first-order chi connectivity index (χ1) is 9.81. The van der Waals surface area contributed by atoms with Crippen LogP contribution in [-0.2, 0) is 0 Å². The molecule has 0 radical (unpaired) electrons. The highest BCUT2D eigenvalue weighted by Crippen LogP contribution is 2.36. The molecule has 4 heteroatoms. The number of piperidine rings is 1. The lowest BCUT2D eigenvalue weighted by atomic mass is 10.0. The lowest BCUT2D eigenvalue weighted by molar-refractivity contribution is 0.0743. The molecule has 0 spiro atoms. The van der Waals surface area contributed by atoms with Crippen molar-refractivity contribution >= 4 is 27.5 Å². The van der Waals surface area contributed by atoms with Gasteiger partial charge >= 0.3 is 0 Å². The molecule has 4 rings (SSSR count). The Kier molecular flexibility index (Phi) is 2.84. The van der Waals surface area contributed by atoms with Gasteiger partial charge in [0, 0.05) is 13.1 Å². The van der Waals surface area contributed by atoms with E-state index in [2.05, 4.69) is 4.98 Å². The lowest BCUT2D eigenvalue weighted by Crippen LogP contribution is -2.36. The fourth-order valence-electron chi connectivity index (χ4n) is 2.85. The molecule has 1 saturated carbocycles. The number of aromatic nitrogens is 1. The molecular weight excluding hydrogens is 268 g/mol. The van der Waals surface area contributed by atoms with Gasteiger partial charge in [-0.3, -0.25) is 4.79 Å². The van der Waals surface area contributed by atoms with Crippen LogP contribution in [0.5, 0.6) is 0 Å². The van der Waals surface area contributed by atoms with Crippen molar-refractivity contribution in [1.82, 2.24) is 9.88 Å². The predicted octanol–water partition coefficient (Wildman–Crippen LogP) is 3.62. The number of nitrogens with zero attached hydrogens (tertiary/aromatic N) is 2. The normalized spacial score (nSPS) is 18.7. The molecule has 0 atom stereocenters. The van der Waals surface area contributed by atoms with Gasteiger partial charge in [0.25, 0.3) is 5.91 Å². The van der Waals surface area contributed by atoms with Gasteiger partial charge in [0.1, 0.15) is 0 Å². The topological polar surface area (TPSA) is 33.2 Å². The Morgan fingerprint density at radius 1 is 1.05 bits per heavy atom. The molecule has 20 heavy (non-hydrogen) atoms. The van der Waals surface area contributed by atoms with Crippen molar-refractivity contribution < 1.29 is 4.79 Å². The summed E-state index contributed by atoms with van der Waals surface area (Å²) in [6.07, 6.45) is 4.71. The molecule has 1 saturated heterocycles. The van der Waals surface area contributed by atoms with E-state index in [4.69, 9.17) is 0 Å². The maximum absolute atomic E-state index is 12.5. The number of carbonyl (C=O) groups is 1. The fraction of sp³-hybridized carbons (Fsp3) is 0.375. The van der Waals surface area contributed by atoms with E-state index in [0.29, 0.717) is 5.01 Å². The lowest BCUT2D eigenvalue weighted by Gasteiger charge is -2.27. The Balaban J connectivity index is 1.53. The first kappa shape index (κ1) is 12.1. The third-order valence-corrected chi connectivity index (χ3v) is 5.16. The van der Waals surface area contributed by atoms with E-state index in [9.17, 15) is 4.79 Å². The second kappa shape index (κ2) is 4.70. The summed E-state index contributed by atoms with van der Waals surface area (Å²) in [5.41, 5.74) is 4.19. The molecular formula is C16H16N2OS. The molecule has 1 aliphatic heterocycles. The molecule has 2 aromatic rings. The highest BCUT2D eigenvalue weighted by Gasteiger charge is 2.26. The number of thiazole rings is 1. The Bertz CT molecular complexity index is 667. The van der Waals surface area contributed by atoms with E-state index in [1.165, 1.54) is 24.2 Å². The molecule has 1 aromatic heterocycles. The van der Waals surface area contributed by atoms with Crippen LogP contribution in [0.25, 0.3) is 10.2 Å². The van der Waals surface area contributed by atoms with Gasteiger partial charge in [-0.05, 0) is 37.8 Å². The number of rotatable bonds is 1. The maximum Gasteiger partial charge on any atom is 0.282 e. The van der Waals surface area contributed by atoms with E-state index in [1.54, 1.807) is 11.1 Å². The average molecular weight is 284 g/mol. The number of hydrogen-bond acceptors (Lipinski definition) is 3. The number of carbonyl (C=O) groups excluding carboxylic acids is 1. The van der Waals surface area contributed by atoms with Crippen molar-refractivity contribution in [3.63, 3.8) is 0 Å². The molecule has 0 N–H and O–H groups in total. The minimum absolute atomic E-state index is 0.103. The first-order valence-corrected chi connectivity index (χ1v) is 7.97. The number of likely N-dealkylation sites (tertiary alicyclic amines) is 1. The molecule has 2 aliphatic rings. The van der Waals surface area contributed by atoms with Crippen LogP contribution in [0.4, 0.5) is 0 Å². The van der Waals surface area contributed by atoms with Gasteiger partial charge < -0.3 is 4.90 Å². The fourth-order valence-corrected chi connectivity index (χ4v) is 3.78. The summed E-state index contributed by atoms with van der Waals surface area (Å²) in [7, 11) is 0. The summed E-state index contributed by atoms with van der Waals surface area (Å²) in [6.45, 7) is 1.71. The van der Waals surface area contributed by atoms with Crippen LogP contribution in [0.3, 0.4) is 0 Å². The van der Waals surface area contributed by atoms with Gasteiger partial charge in [-0.1, -0.05) is 23.3 Å². The number of para-hydroxylation sites is 1. The smallest absolute Gasteiger partial charge is 0.282 e. The molecule has 0 unspecified atom stereocenters. The number of amides is 1. The highest BCUT2D eigenvalue weighted by atomic mass is 32.1. The number of benzene rings is 1. The largest absolute Gasteiger partial charge is 0.336 e. The summed E-state index contributed by atoms with van der Waals surface area (Å²) in [4.78, 5) is 19.0. The molecule has 2 fully saturated rings. The van der Waals surface area contributed by atoms with E-state index < -0.39 is 0 Å². The zero-order chi connectivity index (χ0) is 13.5. The monoisotopic (exact) mass is 284 g/mol. The molecule has 1 amide bonds. The second-order valence-corrected chi connectivity index (χ2v) is 6.52. The Morgan fingerprint density at radius 2 is 1.75 bits per heavy atom. The van der Waals surface area contributed by atoms with Gasteiger partial charge in [-0.25, -0.2) is 4.98 Å². The minimum atomic E-state index is 0.103. The van der Waals surface area contributed by atoms with Crippen LogP contribution < -0.4 is 0 Å². The first-order valence-electron chi connectivity index (χ1n) is 7.16. The Labute approximate surface area is 121 Å². The highest BCUT2D eigenvalue weighted by molar-refractivity contribution is 7.20. The molecule has 1 aromatic carbocycles. The van der Waals surface area contributed by atoms with Crippen molar-refractivity contribution in [2.75, 3.05) is 13.1 Å². The van der Waals surface area contributed by atoms with Crippen LogP contribution in [0.2, 0.25) is 0 Å². The van der Waals surface area contributed by atoms with Gasteiger partial charge in [0.05, 0.1) is 10.2 Å². The van der Waals surface area contributed by atoms with Crippen molar-refractivity contribution in [3.8, 4) is 0 Å². The van der Waals surface area contributed by atoms with Gasteiger partial charge in [-0.2, -0.15) is 0 Å². The van der Waals surface area contributed by atoms with E-state index in [-0.39, 0.29) is 5.91 Å². The molecule has 0 bridgehead atoms. The van der Waals surface area contributed by atoms with Gasteiger partial charge in [0.15, 0.2) is 5.01 Å². The summed E-state index contributed by atoms with van der Waals surface area (Å²) < 4.78 is 1.09. The van der Waals surface area contributed by atoms with Crippen LogP contribution >= 0.6 is 11.3 Å². The van der Waals surface area contributed by atoms with Crippen LogP contribution in [0, 0.1) is 0 Å². The molecule has 3 nitrogen and oxygen atoms in total. The number of hydrogen-bond donors (Lipinski definition) is 0. The minimum Gasteiger partial charge on any atom is -0.336 e. The van der Waals surface area contributed by atoms with Crippen molar-refractivity contribution in [1.29, 1.82) is 0 Å². The van der Waals surface area contributed by atoms with E-state index >= 15 is 0 Å². The maximum atomic E-state index is 12.5. The number of allylic oxidation sites excluding steroid dienone is 1. The molecule has 1 aliphatic carbocycles. The van der Waals surface area contributed by atoms with Crippen LogP contribution in [0.1, 0.15) is 35.5 Å². The molecule has 102 valence electrons. The Morgan fingerprint density at radius 3 is 2.45 bits per heavy atom. The zero-order valence-corrected chi connectivity index (χ0v) is 12.1. The predicted molar refractivity (Wildman–Crippen MR) is 81.0 cm³/mol. The SMILES string of the molecule is O=C(c1nc2ccccc2s1)N1CCC(=C2CC2)CC1. The summed E-state index contributed by atoms with van der Waals surface area (Å²) >= 11 is 1.50. The van der Waals surface area contributed by atoms with E-state index in [1.807, 2.05) is 29.2 Å². The summed E-state index contributed by atoms with van der Waals surface area (Å²) in [5, 5.41) is 0.633. The van der Waals surface area contributed by atoms with Gasteiger partial charge in [0.2, 0.25) is 0 Å². The third kappa shape index (κ3) is 2.14. The van der Waals surface area contributed by atoms with Crippen LogP contribution in [0.15, 0.2) is 35.4 Å². The standard InChI is InChI=1S/C16H16N2OS/c19-16(15-17-13-3-1-2-4-14(13)20-15)18-9-7-12(8-10-18)11-5-6-11/h1-4H,5-10H2. The van der Waals surface area contributed by atoms with Crippen LogP contribution in [-0.4, -0.2) is 28.9 Å². The average Bonchev–Trinajstić information content (AvgIpc) is 3.25. The quantitative estimate of drug-likeness (QED) is 0.749. The molecule has 2 heterocycles. The van der Waals surface area contributed by atoms with Crippen molar-refractivity contribution in [3.05, 3.63) is 40.4 Å². The number of fused-ring (bicyclic) bond motifs is 1. The van der Waals surface area contributed by atoms with Gasteiger partial charge in [-0.15, -0.1) is 11.3 Å². The summed E-state index contributed by atoms with van der Waals surface area (Å²) in [6, 6.07) is 7.94. The van der Waals surface area contributed by atoms with E-state index in [0.717, 1.165) is 36.1 Å². The Hall–Kier alpha value is -1.68. The second-order valence-electron chi connectivity index (χ2n) is 5.49. The zero-order valence-electron chi connectivity index (χ0n) is 11.3. The van der Waals surface area contributed by atoms with Crippen molar-refractivity contribution in [2.45, 2.75) is 25.7 Å².